The van der Waals surface area contributed by atoms with Crippen LogP contribution in [0.2, 0.25) is 0 Å². The van der Waals surface area contributed by atoms with Gasteiger partial charge in [-0.05, 0) is 131 Å². The van der Waals surface area contributed by atoms with Crippen molar-refractivity contribution in [2.75, 3.05) is 4.90 Å². The number of rotatable bonds is 4. The van der Waals surface area contributed by atoms with Gasteiger partial charge in [-0.3, -0.25) is 0 Å². The van der Waals surface area contributed by atoms with E-state index in [-0.39, 0.29) is 10.8 Å². The van der Waals surface area contributed by atoms with Crippen LogP contribution >= 0.6 is 0 Å². The predicted molar refractivity (Wildman–Crippen MR) is 198 cm³/mol. The van der Waals surface area contributed by atoms with E-state index in [4.69, 9.17) is 0 Å². The Bertz CT molecular complexity index is 1960. The van der Waals surface area contributed by atoms with Gasteiger partial charge in [-0.2, -0.15) is 0 Å². The van der Waals surface area contributed by atoms with Crippen LogP contribution in [0.15, 0.2) is 138 Å². The zero-order valence-electron chi connectivity index (χ0n) is 28.3. The quantitative estimate of drug-likeness (QED) is 0.265. The number of nitrogens with zero attached hydrogens (tertiary/aromatic N) is 1. The maximum Gasteiger partial charge on any atom is 0.0461 e. The molecule has 9 rings (SSSR count). The Morgan fingerprint density at radius 2 is 1.49 bits per heavy atom. The van der Waals surface area contributed by atoms with E-state index in [0.29, 0.717) is 17.8 Å². The standard InChI is InChI=1S/C46H47N/c1-45(2)44-30-35(25-27-41(44)43-19-11-12-28-46(43,45)3)47(33-22-20-32(21-23-33)31-13-5-4-6-14-31)34-24-26-40-38-17-8-7-15-36(38)37-16-9-10-18-39(37)42(40)29-34/h7-11,13,15-20,22,24-27,29-30,40,42-43H,4-6,12,14,21,23,28H2,1-3H3. The molecule has 1 nitrogen and oxygen atoms in total. The van der Waals surface area contributed by atoms with Gasteiger partial charge in [0.1, 0.15) is 0 Å². The molecule has 6 aliphatic rings. The summed E-state index contributed by atoms with van der Waals surface area (Å²) in [7, 11) is 0. The molecule has 6 aliphatic carbocycles. The van der Waals surface area contributed by atoms with Crippen LogP contribution in [0.25, 0.3) is 11.1 Å². The number of benzene rings is 3. The van der Waals surface area contributed by atoms with Gasteiger partial charge in [-0.1, -0.05) is 112 Å². The highest BCUT2D eigenvalue weighted by atomic mass is 15.2. The van der Waals surface area contributed by atoms with Crippen LogP contribution in [0.5, 0.6) is 0 Å². The van der Waals surface area contributed by atoms with Crippen molar-refractivity contribution in [3.05, 3.63) is 160 Å². The van der Waals surface area contributed by atoms with E-state index in [1.165, 1.54) is 89.0 Å². The van der Waals surface area contributed by atoms with Crippen LogP contribution < -0.4 is 4.90 Å². The molecule has 0 spiro atoms. The molecule has 0 aromatic heterocycles. The van der Waals surface area contributed by atoms with Gasteiger partial charge in [0.25, 0.3) is 0 Å². The molecule has 3 aromatic rings. The molecule has 1 heteroatoms. The van der Waals surface area contributed by atoms with Crippen LogP contribution in [0, 0.1) is 5.41 Å². The number of anilines is 1. The van der Waals surface area contributed by atoms with Gasteiger partial charge in [0.2, 0.25) is 0 Å². The van der Waals surface area contributed by atoms with E-state index in [1.807, 2.05) is 0 Å². The fraction of sp³-hybridized carbons (Fsp3) is 0.348. The van der Waals surface area contributed by atoms with Crippen molar-refractivity contribution >= 4 is 5.69 Å². The van der Waals surface area contributed by atoms with Gasteiger partial charge in [0, 0.05) is 34.8 Å². The van der Waals surface area contributed by atoms with Crippen LogP contribution in [-0.4, -0.2) is 0 Å². The maximum atomic E-state index is 2.62. The Balaban J connectivity index is 1.18. The van der Waals surface area contributed by atoms with Crippen molar-refractivity contribution in [1.82, 2.24) is 0 Å². The highest BCUT2D eigenvalue weighted by molar-refractivity contribution is 5.78. The number of fused-ring (bicyclic) bond motifs is 9. The first-order valence-corrected chi connectivity index (χ1v) is 18.2. The first-order valence-electron chi connectivity index (χ1n) is 18.2. The summed E-state index contributed by atoms with van der Waals surface area (Å²) in [6.45, 7) is 7.55. The van der Waals surface area contributed by atoms with Crippen molar-refractivity contribution in [2.24, 2.45) is 5.41 Å². The molecule has 0 heterocycles. The van der Waals surface area contributed by atoms with Gasteiger partial charge in [-0.15, -0.1) is 0 Å². The Morgan fingerprint density at radius 1 is 0.702 bits per heavy atom. The Morgan fingerprint density at radius 3 is 2.23 bits per heavy atom. The third-order valence-electron chi connectivity index (χ3n) is 13.1. The van der Waals surface area contributed by atoms with Gasteiger partial charge < -0.3 is 4.90 Å². The fourth-order valence-corrected chi connectivity index (χ4v) is 10.1. The van der Waals surface area contributed by atoms with Crippen molar-refractivity contribution in [3.8, 4) is 11.1 Å². The summed E-state index contributed by atoms with van der Waals surface area (Å²) >= 11 is 0. The van der Waals surface area contributed by atoms with Crippen LogP contribution in [0.4, 0.5) is 5.69 Å². The van der Waals surface area contributed by atoms with Crippen molar-refractivity contribution in [3.63, 3.8) is 0 Å². The topological polar surface area (TPSA) is 3.24 Å². The monoisotopic (exact) mass is 613 g/mol. The molecule has 0 saturated carbocycles. The van der Waals surface area contributed by atoms with Crippen molar-refractivity contribution in [2.45, 2.75) is 95.3 Å². The lowest BCUT2D eigenvalue weighted by Crippen LogP contribution is -2.38. The molecule has 236 valence electrons. The minimum Gasteiger partial charge on any atom is -0.315 e. The summed E-state index contributed by atoms with van der Waals surface area (Å²) in [4.78, 5) is 2.62. The first-order chi connectivity index (χ1) is 22.9. The summed E-state index contributed by atoms with van der Waals surface area (Å²) in [6, 6.07) is 25.6. The molecule has 0 radical (unpaired) electrons. The molecule has 0 amide bonds. The van der Waals surface area contributed by atoms with E-state index in [9.17, 15) is 0 Å². The normalized spacial score (nSPS) is 28.0. The Kier molecular flexibility index (Phi) is 6.79. The second-order valence-electron chi connectivity index (χ2n) is 15.6. The molecular weight excluding hydrogens is 567 g/mol. The van der Waals surface area contributed by atoms with E-state index in [0.717, 1.165) is 12.8 Å². The summed E-state index contributed by atoms with van der Waals surface area (Å²) in [6.07, 6.45) is 29.6. The zero-order valence-corrected chi connectivity index (χ0v) is 28.3. The molecule has 4 atom stereocenters. The van der Waals surface area contributed by atoms with Crippen LogP contribution in [0.1, 0.15) is 112 Å². The molecule has 47 heavy (non-hydrogen) atoms. The zero-order chi connectivity index (χ0) is 31.8. The first kappa shape index (κ1) is 29.1. The second-order valence-corrected chi connectivity index (χ2v) is 15.6. The van der Waals surface area contributed by atoms with Crippen molar-refractivity contribution < 1.29 is 0 Å². The summed E-state index contributed by atoms with van der Waals surface area (Å²) in [5.41, 5.74) is 16.3. The Hall–Kier alpha value is -4.10. The Labute approximate surface area is 281 Å². The molecule has 0 fully saturated rings. The minimum atomic E-state index is 0.106. The molecule has 3 aromatic carbocycles. The van der Waals surface area contributed by atoms with Crippen LogP contribution in [-0.2, 0) is 5.41 Å². The number of hydrogen-bond donors (Lipinski definition) is 0. The van der Waals surface area contributed by atoms with Crippen molar-refractivity contribution in [1.29, 1.82) is 0 Å². The third kappa shape index (κ3) is 4.42. The van der Waals surface area contributed by atoms with Crippen LogP contribution in [0.3, 0.4) is 0 Å². The lowest BCUT2D eigenvalue weighted by Gasteiger charge is -2.44. The smallest absolute Gasteiger partial charge is 0.0461 e. The second kappa shape index (κ2) is 11.0. The molecular formula is C46H47N. The average molecular weight is 614 g/mol. The molecule has 0 bridgehead atoms. The average Bonchev–Trinajstić information content (AvgIpc) is 3.30. The molecule has 4 unspecified atom stereocenters. The minimum absolute atomic E-state index is 0.106. The summed E-state index contributed by atoms with van der Waals surface area (Å²) < 4.78 is 0. The lowest BCUT2D eigenvalue weighted by molar-refractivity contribution is 0.154. The summed E-state index contributed by atoms with van der Waals surface area (Å²) in [5.74, 6) is 1.16. The highest BCUT2D eigenvalue weighted by Gasteiger charge is 2.54. The molecule has 0 N–H and O–H groups in total. The lowest BCUT2D eigenvalue weighted by atomic mass is 9.60. The van der Waals surface area contributed by atoms with Gasteiger partial charge in [0.05, 0.1) is 0 Å². The molecule has 0 saturated heterocycles. The van der Waals surface area contributed by atoms with E-state index in [2.05, 4.69) is 141 Å². The maximum absolute atomic E-state index is 2.62. The van der Waals surface area contributed by atoms with Gasteiger partial charge >= 0.3 is 0 Å². The number of hydrogen-bond acceptors (Lipinski definition) is 1. The highest BCUT2D eigenvalue weighted by Crippen LogP contribution is 2.63. The molecule has 0 aliphatic heterocycles. The van der Waals surface area contributed by atoms with Gasteiger partial charge in [-0.25, -0.2) is 0 Å². The van der Waals surface area contributed by atoms with E-state index >= 15 is 0 Å². The summed E-state index contributed by atoms with van der Waals surface area (Å²) in [5, 5.41) is 0. The van der Waals surface area contributed by atoms with E-state index < -0.39 is 0 Å². The number of allylic oxidation sites excluding steroid dienone is 11. The largest absolute Gasteiger partial charge is 0.315 e. The SMILES string of the molecule is CC1(C)c2cc(N(C3=CC4c5ccccc5-c5ccccc5C4C=C3)C3=CC=C(C4=CCCCC4)CC3)ccc2C2C=CCCC21C. The predicted octanol–water partition coefficient (Wildman–Crippen LogP) is 12.3. The van der Waals surface area contributed by atoms with Gasteiger partial charge in [0.15, 0.2) is 0 Å². The third-order valence-corrected chi connectivity index (χ3v) is 13.1. The van der Waals surface area contributed by atoms with E-state index in [1.54, 1.807) is 11.1 Å². The fourth-order valence-electron chi connectivity index (χ4n) is 10.1.